The van der Waals surface area contributed by atoms with Crippen LogP contribution in [0.4, 0.5) is 10.5 Å². The molecule has 0 aliphatic carbocycles. The maximum absolute atomic E-state index is 12.7. The van der Waals surface area contributed by atoms with Gasteiger partial charge in [0.1, 0.15) is 5.15 Å². The van der Waals surface area contributed by atoms with Crippen LogP contribution in [0.3, 0.4) is 0 Å². The van der Waals surface area contributed by atoms with Gasteiger partial charge in [-0.1, -0.05) is 35.9 Å². The highest BCUT2D eigenvalue weighted by molar-refractivity contribution is 8.18. The second-order valence-corrected chi connectivity index (χ2v) is 10.3. The molecule has 42 heavy (non-hydrogen) atoms. The van der Waals surface area contributed by atoms with E-state index in [0.717, 1.165) is 22.7 Å². The number of carbonyl (C=O) groups is 4. The van der Waals surface area contributed by atoms with Gasteiger partial charge in [0, 0.05) is 22.2 Å². The molecule has 11 heteroatoms. The Balaban J connectivity index is 1.16. The van der Waals surface area contributed by atoms with Gasteiger partial charge in [0.2, 0.25) is 0 Å². The summed E-state index contributed by atoms with van der Waals surface area (Å²) in [5.74, 6) is -0.436. The molecule has 1 aliphatic heterocycles. The lowest BCUT2D eigenvalue weighted by molar-refractivity contribution is -0.118. The molecule has 3 amide bonds. The Morgan fingerprint density at radius 3 is 2.55 bits per heavy atom. The van der Waals surface area contributed by atoms with E-state index in [1.165, 1.54) is 13.2 Å². The molecule has 1 saturated heterocycles. The summed E-state index contributed by atoms with van der Waals surface area (Å²) >= 11 is 7.09. The van der Waals surface area contributed by atoms with Crippen LogP contribution in [0.2, 0.25) is 5.15 Å². The number of hydrogen-bond donors (Lipinski definition) is 2. The third-order valence-electron chi connectivity index (χ3n) is 6.06. The summed E-state index contributed by atoms with van der Waals surface area (Å²) in [5.41, 5.74) is 2.95. The molecule has 3 aromatic carbocycles. The molecule has 0 atom stereocenters. The number of methoxy groups -OCH3 is 1. The Labute approximate surface area is 249 Å². The summed E-state index contributed by atoms with van der Waals surface area (Å²) < 4.78 is 11.0. The summed E-state index contributed by atoms with van der Waals surface area (Å²) in [4.78, 5) is 52.9. The first kappa shape index (κ1) is 28.6. The normalized spacial score (nSPS) is 13.9. The Kier molecular flexibility index (Phi) is 8.66. The van der Waals surface area contributed by atoms with Gasteiger partial charge in [-0.25, -0.2) is 4.98 Å². The third kappa shape index (κ3) is 6.85. The maximum Gasteiger partial charge on any atom is 0.290 e. The van der Waals surface area contributed by atoms with Gasteiger partial charge in [-0.05, 0) is 84.1 Å². The number of imide groups is 1. The van der Waals surface area contributed by atoms with Gasteiger partial charge in [0.05, 0.1) is 17.5 Å². The number of nitrogens with zero attached hydrogens (tertiary/aromatic N) is 1. The Hall–Kier alpha value is -4.93. The fourth-order valence-electron chi connectivity index (χ4n) is 4.01. The number of ether oxygens (including phenoxy) is 2. The molecule has 1 aromatic heterocycles. The summed E-state index contributed by atoms with van der Waals surface area (Å²) in [6, 6.07) is 20.8. The van der Waals surface area contributed by atoms with Crippen LogP contribution in [0.1, 0.15) is 21.5 Å². The number of para-hydroxylation sites is 1. The van der Waals surface area contributed by atoms with Crippen molar-refractivity contribution in [3.8, 4) is 11.5 Å². The molecule has 2 N–H and O–H groups in total. The fraction of sp³-hybridized carbons (Fsp3) is 0.0645. The number of rotatable bonds is 9. The zero-order chi connectivity index (χ0) is 29.6. The van der Waals surface area contributed by atoms with E-state index in [1.807, 2.05) is 30.3 Å². The van der Waals surface area contributed by atoms with Crippen LogP contribution in [-0.4, -0.2) is 41.5 Å². The molecule has 1 aliphatic rings. The van der Waals surface area contributed by atoms with Crippen molar-refractivity contribution in [2.45, 2.75) is 0 Å². The van der Waals surface area contributed by atoms with E-state index in [2.05, 4.69) is 15.6 Å². The minimum Gasteiger partial charge on any atom is -0.493 e. The Morgan fingerprint density at radius 2 is 1.81 bits per heavy atom. The first-order chi connectivity index (χ1) is 20.3. The minimum absolute atomic E-state index is 0.231. The SMILES string of the molecule is COc1cc(/C=C2\SC(=O)NC2=O)ccc1OCC(=O)Nc1ccc(C(=O)/C=C/c2cc3ccccc3nc2Cl)cc1. The second kappa shape index (κ2) is 12.7. The highest BCUT2D eigenvalue weighted by Gasteiger charge is 2.25. The molecule has 0 unspecified atom stereocenters. The first-order valence-corrected chi connectivity index (χ1v) is 13.7. The Morgan fingerprint density at radius 1 is 1.02 bits per heavy atom. The van der Waals surface area contributed by atoms with E-state index in [9.17, 15) is 19.2 Å². The molecule has 210 valence electrons. The average Bonchev–Trinajstić information content (AvgIpc) is 3.31. The summed E-state index contributed by atoms with van der Waals surface area (Å²) in [6.07, 6.45) is 4.61. The minimum atomic E-state index is -0.460. The largest absolute Gasteiger partial charge is 0.493 e. The molecule has 4 aromatic rings. The standard InChI is InChI=1S/C31H22ClN3O6S/c1-40-26-14-18(15-27-30(38)35-31(39)42-27)6-13-25(26)41-17-28(37)33-22-10-7-19(8-11-22)24(36)12-9-21-16-20-4-2-3-5-23(20)34-29(21)32/h2-16H,17H2,1H3,(H,33,37)(H,35,38,39)/b12-9+,27-15-. The molecule has 0 radical (unpaired) electrons. The van der Waals surface area contributed by atoms with Crippen molar-refractivity contribution in [3.63, 3.8) is 0 Å². The fourth-order valence-corrected chi connectivity index (χ4v) is 4.90. The van der Waals surface area contributed by atoms with Crippen molar-refractivity contribution in [1.82, 2.24) is 10.3 Å². The van der Waals surface area contributed by atoms with E-state index in [1.54, 1.807) is 54.6 Å². The van der Waals surface area contributed by atoms with Crippen LogP contribution in [-0.2, 0) is 9.59 Å². The third-order valence-corrected chi connectivity index (χ3v) is 7.17. The lowest BCUT2D eigenvalue weighted by Gasteiger charge is -2.12. The number of allylic oxidation sites excluding steroid dienone is 1. The number of aromatic nitrogens is 1. The maximum atomic E-state index is 12.7. The van der Waals surface area contributed by atoms with Gasteiger partial charge in [0.15, 0.2) is 23.9 Å². The molecule has 5 rings (SSSR count). The summed E-state index contributed by atoms with van der Waals surface area (Å²) in [6.45, 7) is -0.298. The average molecular weight is 600 g/mol. The zero-order valence-electron chi connectivity index (χ0n) is 22.1. The smallest absolute Gasteiger partial charge is 0.290 e. The first-order valence-electron chi connectivity index (χ1n) is 12.5. The highest BCUT2D eigenvalue weighted by atomic mass is 35.5. The number of amides is 3. The number of benzene rings is 3. The number of fused-ring (bicyclic) bond motifs is 1. The van der Waals surface area contributed by atoms with E-state index in [-0.39, 0.29) is 17.3 Å². The van der Waals surface area contributed by atoms with E-state index in [0.29, 0.717) is 39.0 Å². The quantitative estimate of drug-likeness (QED) is 0.134. The van der Waals surface area contributed by atoms with Crippen LogP contribution in [0.25, 0.3) is 23.1 Å². The van der Waals surface area contributed by atoms with Crippen molar-refractivity contribution < 1.29 is 28.7 Å². The van der Waals surface area contributed by atoms with Crippen molar-refractivity contribution >= 4 is 74.9 Å². The molecule has 0 saturated carbocycles. The van der Waals surface area contributed by atoms with Crippen molar-refractivity contribution in [1.29, 1.82) is 0 Å². The number of halogens is 1. The monoisotopic (exact) mass is 599 g/mol. The highest BCUT2D eigenvalue weighted by Crippen LogP contribution is 2.31. The number of ketones is 1. The molecule has 9 nitrogen and oxygen atoms in total. The number of hydrogen-bond acceptors (Lipinski definition) is 8. The Bertz CT molecular complexity index is 1790. The number of thioether (sulfide) groups is 1. The molecule has 0 bridgehead atoms. The van der Waals surface area contributed by atoms with Crippen molar-refractivity contribution in [2.75, 3.05) is 19.0 Å². The number of nitrogens with one attached hydrogen (secondary N) is 2. The molecule has 1 fully saturated rings. The number of carbonyl (C=O) groups excluding carboxylic acids is 4. The second-order valence-electron chi connectivity index (χ2n) is 8.94. The number of pyridine rings is 1. The van der Waals surface area contributed by atoms with Gasteiger partial charge in [0.25, 0.3) is 17.1 Å². The molecule has 0 spiro atoms. The molecular weight excluding hydrogens is 578 g/mol. The van der Waals surface area contributed by atoms with Gasteiger partial charge < -0.3 is 14.8 Å². The lowest BCUT2D eigenvalue weighted by atomic mass is 10.1. The summed E-state index contributed by atoms with van der Waals surface area (Å²) in [7, 11) is 1.45. The van der Waals surface area contributed by atoms with Gasteiger partial charge >= 0.3 is 0 Å². The number of anilines is 1. The van der Waals surface area contributed by atoms with E-state index >= 15 is 0 Å². The lowest BCUT2D eigenvalue weighted by Crippen LogP contribution is -2.20. The van der Waals surface area contributed by atoms with Gasteiger partial charge in [-0.15, -0.1) is 0 Å². The molecular formula is C31H22ClN3O6S. The van der Waals surface area contributed by atoms with Crippen LogP contribution in [0, 0.1) is 0 Å². The van der Waals surface area contributed by atoms with Crippen LogP contribution >= 0.6 is 23.4 Å². The van der Waals surface area contributed by atoms with Crippen LogP contribution in [0.15, 0.2) is 83.8 Å². The van der Waals surface area contributed by atoms with Gasteiger partial charge in [-0.3, -0.25) is 24.5 Å². The summed E-state index contributed by atoms with van der Waals surface area (Å²) in [5, 5.41) is 5.71. The van der Waals surface area contributed by atoms with Crippen LogP contribution in [0.5, 0.6) is 11.5 Å². The van der Waals surface area contributed by atoms with Crippen molar-refractivity contribution in [3.05, 3.63) is 106 Å². The van der Waals surface area contributed by atoms with E-state index in [4.69, 9.17) is 21.1 Å². The zero-order valence-corrected chi connectivity index (χ0v) is 23.6. The molecule has 2 heterocycles. The van der Waals surface area contributed by atoms with Gasteiger partial charge in [-0.2, -0.15) is 0 Å². The predicted octanol–water partition coefficient (Wildman–Crippen LogP) is 6.13. The topological polar surface area (TPSA) is 124 Å². The van der Waals surface area contributed by atoms with Crippen molar-refractivity contribution in [2.24, 2.45) is 0 Å². The van der Waals surface area contributed by atoms with E-state index < -0.39 is 17.1 Å². The predicted molar refractivity (Wildman–Crippen MR) is 163 cm³/mol. The van der Waals surface area contributed by atoms with Crippen LogP contribution < -0.4 is 20.1 Å².